The third-order valence-corrected chi connectivity index (χ3v) is 4.22. The number of aromatic nitrogens is 2. The highest BCUT2D eigenvalue weighted by molar-refractivity contribution is 6.16. The molecular weight excluding hydrogens is 340 g/mol. The molecule has 1 aliphatic rings. The van der Waals surface area contributed by atoms with Crippen molar-refractivity contribution in [3.8, 4) is 0 Å². The van der Waals surface area contributed by atoms with Crippen molar-refractivity contribution in [3.05, 3.63) is 30.1 Å². The van der Waals surface area contributed by atoms with Gasteiger partial charge in [0.25, 0.3) is 0 Å². The first-order valence-corrected chi connectivity index (χ1v) is 8.95. The lowest BCUT2D eigenvalue weighted by Gasteiger charge is -2.36. The normalized spacial score (nSPS) is 15.5. The van der Waals surface area contributed by atoms with Crippen molar-refractivity contribution < 1.29 is 9.53 Å². The van der Waals surface area contributed by atoms with Crippen LogP contribution in [0.25, 0.3) is 10.9 Å². The number of alkyl halides is 1. The van der Waals surface area contributed by atoms with Crippen molar-refractivity contribution in [2.45, 2.75) is 32.3 Å². The molecule has 7 heteroatoms. The molecule has 0 unspecified atom stereocenters. The number of anilines is 1. The maximum atomic E-state index is 12.2. The highest BCUT2D eigenvalue weighted by atomic mass is 35.5. The van der Waals surface area contributed by atoms with Crippen LogP contribution in [-0.2, 0) is 10.6 Å². The molecule has 6 nitrogen and oxygen atoms in total. The molecule has 0 aliphatic carbocycles. The second-order valence-corrected chi connectivity index (χ2v) is 7.34. The van der Waals surface area contributed by atoms with Crippen LogP contribution >= 0.6 is 11.6 Å². The number of fused-ring (bicyclic) bond motifs is 1. The van der Waals surface area contributed by atoms with Crippen LogP contribution in [0.15, 0.2) is 24.3 Å². The first-order valence-electron chi connectivity index (χ1n) is 8.42. The molecule has 0 N–H and O–H groups in total. The molecule has 1 aliphatic heterocycles. The summed E-state index contributed by atoms with van der Waals surface area (Å²) in [6.45, 7) is 8.22. The Kier molecular flexibility index (Phi) is 4.99. The van der Waals surface area contributed by atoms with Gasteiger partial charge < -0.3 is 14.5 Å². The van der Waals surface area contributed by atoms with E-state index in [0.29, 0.717) is 32.0 Å². The second-order valence-electron chi connectivity index (χ2n) is 7.07. The van der Waals surface area contributed by atoms with Crippen LogP contribution in [0, 0.1) is 0 Å². The predicted octanol–water partition coefficient (Wildman–Crippen LogP) is 3.43. The van der Waals surface area contributed by atoms with Gasteiger partial charge in [-0.2, -0.15) is 0 Å². The fourth-order valence-electron chi connectivity index (χ4n) is 2.83. The van der Waals surface area contributed by atoms with Gasteiger partial charge in [-0.1, -0.05) is 12.1 Å². The van der Waals surface area contributed by atoms with Gasteiger partial charge in [0, 0.05) is 31.6 Å². The average molecular weight is 363 g/mol. The molecule has 0 bridgehead atoms. The number of benzene rings is 1. The highest BCUT2D eigenvalue weighted by Crippen LogP contribution is 2.25. The molecule has 1 amide bonds. The molecule has 1 aromatic carbocycles. The smallest absolute Gasteiger partial charge is 0.410 e. The number of amides is 1. The molecule has 134 valence electrons. The van der Waals surface area contributed by atoms with Crippen LogP contribution in [-0.4, -0.2) is 52.7 Å². The Hall–Kier alpha value is -2.08. The summed E-state index contributed by atoms with van der Waals surface area (Å²) in [5, 5.41) is 1.00. The zero-order valence-electron chi connectivity index (χ0n) is 14.8. The van der Waals surface area contributed by atoms with E-state index < -0.39 is 5.60 Å². The van der Waals surface area contributed by atoms with Crippen molar-refractivity contribution in [2.24, 2.45) is 0 Å². The van der Waals surface area contributed by atoms with Crippen LogP contribution in [0.4, 0.5) is 10.6 Å². The molecular formula is C18H23ClN4O2. The minimum Gasteiger partial charge on any atom is -0.444 e. The number of hydrogen-bond donors (Lipinski definition) is 0. The van der Waals surface area contributed by atoms with Crippen LogP contribution in [0.2, 0.25) is 0 Å². The number of ether oxygens (including phenoxy) is 1. The van der Waals surface area contributed by atoms with Gasteiger partial charge in [-0.05, 0) is 32.9 Å². The van der Waals surface area contributed by atoms with Gasteiger partial charge in [-0.25, -0.2) is 14.8 Å². The Bertz CT molecular complexity index is 767. The number of rotatable bonds is 2. The zero-order chi connectivity index (χ0) is 18.0. The lowest BCUT2D eigenvalue weighted by molar-refractivity contribution is 0.0240. The van der Waals surface area contributed by atoms with E-state index in [4.69, 9.17) is 16.3 Å². The van der Waals surface area contributed by atoms with Crippen molar-refractivity contribution in [2.75, 3.05) is 31.1 Å². The fourth-order valence-corrected chi connectivity index (χ4v) is 2.95. The highest BCUT2D eigenvalue weighted by Gasteiger charge is 2.27. The summed E-state index contributed by atoms with van der Waals surface area (Å²) in [6.07, 6.45) is -0.263. The van der Waals surface area contributed by atoms with Gasteiger partial charge in [0.1, 0.15) is 17.2 Å². The number of piperazine rings is 1. The van der Waals surface area contributed by atoms with E-state index in [2.05, 4.69) is 14.9 Å². The fraction of sp³-hybridized carbons (Fsp3) is 0.500. The number of para-hydroxylation sites is 1. The minimum absolute atomic E-state index is 0.263. The van der Waals surface area contributed by atoms with Gasteiger partial charge in [-0.3, -0.25) is 0 Å². The predicted molar refractivity (Wildman–Crippen MR) is 99.1 cm³/mol. The van der Waals surface area contributed by atoms with Crippen molar-refractivity contribution >= 4 is 34.4 Å². The lowest BCUT2D eigenvalue weighted by Crippen LogP contribution is -2.50. The monoisotopic (exact) mass is 362 g/mol. The summed E-state index contributed by atoms with van der Waals surface area (Å²) in [5.74, 6) is 1.77. The summed E-state index contributed by atoms with van der Waals surface area (Å²) in [6, 6.07) is 7.92. The summed E-state index contributed by atoms with van der Waals surface area (Å²) in [5.41, 5.74) is 0.407. The van der Waals surface area contributed by atoms with Crippen LogP contribution in [0.5, 0.6) is 0 Å². The molecule has 0 spiro atoms. The molecule has 1 aromatic heterocycles. The maximum Gasteiger partial charge on any atom is 0.410 e. The first kappa shape index (κ1) is 17.7. The number of carbonyl (C=O) groups is 1. The molecule has 3 rings (SSSR count). The van der Waals surface area contributed by atoms with E-state index in [1.54, 1.807) is 4.90 Å². The van der Waals surface area contributed by atoms with Crippen LogP contribution < -0.4 is 4.90 Å². The lowest BCUT2D eigenvalue weighted by atomic mass is 10.2. The van der Waals surface area contributed by atoms with Gasteiger partial charge in [0.15, 0.2) is 0 Å². The largest absolute Gasteiger partial charge is 0.444 e. The van der Waals surface area contributed by atoms with Crippen LogP contribution in [0.1, 0.15) is 26.6 Å². The van der Waals surface area contributed by atoms with Crippen molar-refractivity contribution in [1.29, 1.82) is 0 Å². The number of nitrogens with zero attached hydrogens (tertiary/aromatic N) is 4. The molecule has 2 heterocycles. The van der Waals surface area contributed by atoms with E-state index in [1.165, 1.54) is 0 Å². The quantitative estimate of drug-likeness (QED) is 0.766. The molecule has 0 atom stereocenters. The summed E-state index contributed by atoms with van der Waals surface area (Å²) in [4.78, 5) is 25.2. The molecule has 1 saturated heterocycles. The summed E-state index contributed by atoms with van der Waals surface area (Å²) < 4.78 is 5.45. The third kappa shape index (κ3) is 4.12. The standard InChI is InChI=1S/C18H23ClN4O2/c1-18(2,3)25-17(24)23-10-8-22(9-11-23)16-13-6-4-5-7-14(13)20-15(12-19)21-16/h4-7H,8-12H2,1-3H3. The topological polar surface area (TPSA) is 58.6 Å². The Morgan fingerprint density at radius 1 is 1.16 bits per heavy atom. The van der Waals surface area contributed by atoms with E-state index in [9.17, 15) is 4.79 Å². The SMILES string of the molecule is CC(C)(C)OC(=O)N1CCN(c2nc(CCl)nc3ccccc23)CC1. The van der Waals surface area contributed by atoms with Crippen molar-refractivity contribution in [1.82, 2.24) is 14.9 Å². The van der Waals surface area contributed by atoms with E-state index >= 15 is 0 Å². The Labute approximate surface area is 152 Å². The van der Waals surface area contributed by atoms with Gasteiger partial charge in [-0.15, -0.1) is 11.6 Å². The van der Waals surface area contributed by atoms with Crippen LogP contribution in [0.3, 0.4) is 0 Å². The minimum atomic E-state index is -0.480. The molecule has 0 radical (unpaired) electrons. The Morgan fingerprint density at radius 3 is 2.48 bits per heavy atom. The summed E-state index contributed by atoms with van der Waals surface area (Å²) in [7, 11) is 0. The molecule has 2 aromatic rings. The number of hydrogen-bond acceptors (Lipinski definition) is 5. The number of halogens is 1. The Morgan fingerprint density at radius 2 is 1.84 bits per heavy atom. The van der Waals surface area contributed by atoms with Gasteiger partial charge >= 0.3 is 6.09 Å². The molecule has 1 fully saturated rings. The molecule has 25 heavy (non-hydrogen) atoms. The first-order chi connectivity index (χ1) is 11.9. The second kappa shape index (κ2) is 7.04. The zero-order valence-corrected chi connectivity index (χ0v) is 15.6. The maximum absolute atomic E-state index is 12.2. The third-order valence-electron chi connectivity index (χ3n) is 3.98. The summed E-state index contributed by atoms with van der Waals surface area (Å²) >= 11 is 5.95. The molecule has 0 saturated carbocycles. The van der Waals surface area contributed by atoms with Gasteiger partial charge in [0.05, 0.1) is 11.4 Å². The Balaban J connectivity index is 1.77. The van der Waals surface area contributed by atoms with Crippen molar-refractivity contribution in [3.63, 3.8) is 0 Å². The average Bonchev–Trinajstić information content (AvgIpc) is 2.59. The van der Waals surface area contributed by atoms with E-state index in [0.717, 1.165) is 16.7 Å². The van der Waals surface area contributed by atoms with E-state index in [-0.39, 0.29) is 12.0 Å². The van der Waals surface area contributed by atoms with Gasteiger partial charge in [0.2, 0.25) is 0 Å². The van der Waals surface area contributed by atoms with E-state index in [1.807, 2.05) is 45.0 Å². The number of carbonyl (C=O) groups excluding carboxylic acids is 1.